The fourth-order valence-electron chi connectivity index (χ4n) is 1.79. The van der Waals surface area contributed by atoms with Gasteiger partial charge in [-0.15, -0.1) is 10.2 Å². The van der Waals surface area contributed by atoms with Crippen molar-refractivity contribution in [2.45, 2.75) is 0 Å². The van der Waals surface area contributed by atoms with Crippen LogP contribution in [-0.4, -0.2) is 20.2 Å². The number of carbonyl (C=O) groups is 1. The molecule has 0 unspecified atom stereocenters. The van der Waals surface area contributed by atoms with E-state index in [0.717, 1.165) is 5.56 Å². The van der Waals surface area contributed by atoms with E-state index in [9.17, 15) is 4.79 Å². The fourth-order valence-corrected chi connectivity index (χ4v) is 1.96. The SMILES string of the molecule is COC(=O)/C=C/c1ccccc1N=Nc1cc(Cl)ccc1OC. The quantitative estimate of drug-likeness (QED) is 0.442. The van der Waals surface area contributed by atoms with Crippen LogP contribution in [0.25, 0.3) is 6.08 Å². The maximum absolute atomic E-state index is 11.2. The second kappa shape index (κ2) is 8.10. The molecule has 118 valence electrons. The smallest absolute Gasteiger partial charge is 0.330 e. The minimum atomic E-state index is -0.437. The highest BCUT2D eigenvalue weighted by atomic mass is 35.5. The molecule has 0 atom stereocenters. The van der Waals surface area contributed by atoms with Gasteiger partial charge in [0.05, 0.1) is 19.9 Å². The van der Waals surface area contributed by atoms with Crippen LogP contribution in [0.15, 0.2) is 58.8 Å². The second-order valence-corrected chi connectivity index (χ2v) is 4.87. The topological polar surface area (TPSA) is 60.2 Å². The average Bonchev–Trinajstić information content (AvgIpc) is 2.58. The Morgan fingerprint density at radius 2 is 1.83 bits per heavy atom. The van der Waals surface area contributed by atoms with Crippen LogP contribution < -0.4 is 4.74 Å². The van der Waals surface area contributed by atoms with Gasteiger partial charge in [0.25, 0.3) is 0 Å². The molecule has 2 aromatic rings. The van der Waals surface area contributed by atoms with E-state index in [2.05, 4.69) is 15.0 Å². The summed E-state index contributed by atoms with van der Waals surface area (Å²) in [7, 11) is 2.87. The molecule has 0 bridgehead atoms. The Kier molecular flexibility index (Phi) is 5.88. The summed E-state index contributed by atoms with van der Waals surface area (Å²) >= 11 is 5.97. The van der Waals surface area contributed by atoms with E-state index < -0.39 is 5.97 Å². The molecular formula is C17H15ClN2O3. The largest absolute Gasteiger partial charge is 0.494 e. The molecule has 0 N–H and O–H groups in total. The Morgan fingerprint density at radius 1 is 1.09 bits per heavy atom. The molecule has 2 aromatic carbocycles. The van der Waals surface area contributed by atoms with Gasteiger partial charge in [0.1, 0.15) is 11.4 Å². The van der Waals surface area contributed by atoms with Gasteiger partial charge in [0.2, 0.25) is 0 Å². The number of methoxy groups -OCH3 is 2. The highest BCUT2D eigenvalue weighted by Gasteiger charge is 2.04. The molecule has 0 saturated carbocycles. The van der Waals surface area contributed by atoms with Crippen molar-refractivity contribution >= 4 is 35.0 Å². The average molecular weight is 331 g/mol. The molecule has 0 aliphatic rings. The van der Waals surface area contributed by atoms with Crippen LogP contribution in [0.5, 0.6) is 5.75 Å². The van der Waals surface area contributed by atoms with Crippen LogP contribution >= 0.6 is 11.6 Å². The van der Waals surface area contributed by atoms with Crippen molar-refractivity contribution in [1.82, 2.24) is 0 Å². The predicted molar refractivity (Wildman–Crippen MR) is 89.7 cm³/mol. The minimum absolute atomic E-state index is 0.437. The Labute approximate surface area is 139 Å². The molecule has 0 heterocycles. The molecule has 0 saturated heterocycles. The summed E-state index contributed by atoms with van der Waals surface area (Å²) in [5.41, 5.74) is 1.86. The Bertz CT molecular complexity index is 757. The van der Waals surface area contributed by atoms with Crippen molar-refractivity contribution in [3.63, 3.8) is 0 Å². The van der Waals surface area contributed by atoms with Gasteiger partial charge >= 0.3 is 5.97 Å². The third-order valence-corrected chi connectivity index (χ3v) is 3.18. The number of halogens is 1. The molecule has 0 aromatic heterocycles. The molecule has 0 radical (unpaired) electrons. The van der Waals surface area contributed by atoms with Crippen molar-refractivity contribution in [2.24, 2.45) is 10.2 Å². The van der Waals surface area contributed by atoms with Gasteiger partial charge in [-0.1, -0.05) is 29.8 Å². The number of nitrogens with zero attached hydrogens (tertiary/aromatic N) is 2. The minimum Gasteiger partial charge on any atom is -0.494 e. The summed E-state index contributed by atoms with van der Waals surface area (Å²) in [6.07, 6.45) is 2.95. The summed E-state index contributed by atoms with van der Waals surface area (Å²) in [6, 6.07) is 12.4. The predicted octanol–water partition coefficient (Wildman–Crippen LogP) is 4.95. The number of azo groups is 1. The molecule has 0 amide bonds. The number of rotatable bonds is 5. The van der Waals surface area contributed by atoms with E-state index in [-0.39, 0.29) is 0 Å². The lowest BCUT2D eigenvalue weighted by molar-refractivity contribution is -0.134. The molecule has 0 spiro atoms. The van der Waals surface area contributed by atoms with Crippen molar-refractivity contribution in [3.05, 3.63) is 59.1 Å². The number of carbonyl (C=O) groups excluding carboxylic acids is 1. The van der Waals surface area contributed by atoms with E-state index in [1.165, 1.54) is 13.2 Å². The third-order valence-electron chi connectivity index (χ3n) is 2.94. The summed E-state index contributed by atoms with van der Waals surface area (Å²) in [5.74, 6) is 0.133. The van der Waals surface area contributed by atoms with Gasteiger partial charge in [0, 0.05) is 16.7 Å². The zero-order valence-electron chi connectivity index (χ0n) is 12.7. The van der Waals surface area contributed by atoms with Crippen LogP contribution in [-0.2, 0) is 9.53 Å². The fraction of sp³-hybridized carbons (Fsp3) is 0.118. The van der Waals surface area contributed by atoms with Crippen molar-refractivity contribution < 1.29 is 14.3 Å². The van der Waals surface area contributed by atoms with Crippen LogP contribution in [0.1, 0.15) is 5.56 Å². The number of esters is 1. The van der Waals surface area contributed by atoms with Crippen molar-refractivity contribution in [3.8, 4) is 5.75 Å². The van der Waals surface area contributed by atoms with Gasteiger partial charge in [-0.25, -0.2) is 4.79 Å². The molecule has 0 aliphatic heterocycles. The lowest BCUT2D eigenvalue weighted by Gasteiger charge is -2.04. The monoisotopic (exact) mass is 330 g/mol. The molecule has 0 aliphatic carbocycles. The van der Waals surface area contributed by atoms with Crippen molar-refractivity contribution in [1.29, 1.82) is 0 Å². The second-order valence-electron chi connectivity index (χ2n) is 4.43. The number of benzene rings is 2. The lowest BCUT2D eigenvalue weighted by atomic mass is 10.1. The van der Waals surface area contributed by atoms with Crippen LogP contribution in [0.3, 0.4) is 0 Å². The van der Waals surface area contributed by atoms with E-state index in [0.29, 0.717) is 22.1 Å². The Hall–Kier alpha value is -2.66. The first-order chi connectivity index (χ1) is 11.1. The number of hydrogen-bond acceptors (Lipinski definition) is 5. The van der Waals surface area contributed by atoms with Gasteiger partial charge < -0.3 is 9.47 Å². The van der Waals surface area contributed by atoms with Crippen LogP contribution in [0, 0.1) is 0 Å². The molecule has 5 nitrogen and oxygen atoms in total. The maximum atomic E-state index is 11.2. The normalized spacial score (nSPS) is 11.1. The first-order valence-corrected chi connectivity index (χ1v) is 7.12. The van der Waals surface area contributed by atoms with E-state index in [1.807, 2.05) is 18.2 Å². The zero-order valence-corrected chi connectivity index (χ0v) is 13.4. The van der Waals surface area contributed by atoms with E-state index in [1.54, 1.807) is 37.5 Å². The summed E-state index contributed by atoms with van der Waals surface area (Å²) in [5, 5.41) is 8.93. The lowest BCUT2D eigenvalue weighted by Crippen LogP contribution is -1.93. The molecule has 0 fully saturated rings. The molecule has 23 heavy (non-hydrogen) atoms. The summed E-state index contributed by atoms with van der Waals surface area (Å²) in [4.78, 5) is 11.2. The molecule has 2 rings (SSSR count). The van der Waals surface area contributed by atoms with Crippen LogP contribution in [0.4, 0.5) is 11.4 Å². The third kappa shape index (κ3) is 4.66. The van der Waals surface area contributed by atoms with Gasteiger partial charge in [-0.3, -0.25) is 0 Å². The zero-order chi connectivity index (χ0) is 16.7. The summed E-state index contributed by atoms with van der Waals surface area (Å²) < 4.78 is 9.80. The summed E-state index contributed by atoms with van der Waals surface area (Å²) in [6.45, 7) is 0. The first-order valence-electron chi connectivity index (χ1n) is 6.74. The highest BCUT2D eigenvalue weighted by molar-refractivity contribution is 6.30. The highest BCUT2D eigenvalue weighted by Crippen LogP contribution is 2.32. The van der Waals surface area contributed by atoms with Gasteiger partial charge in [0.15, 0.2) is 0 Å². The van der Waals surface area contributed by atoms with Gasteiger partial charge in [-0.05, 0) is 30.3 Å². The molecule has 6 heteroatoms. The first kappa shape index (κ1) is 16.7. The Balaban J connectivity index is 2.32. The Morgan fingerprint density at radius 3 is 2.57 bits per heavy atom. The number of hydrogen-bond donors (Lipinski definition) is 0. The van der Waals surface area contributed by atoms with Gasteiger partial charge in [-0.2, -0.15) is 0 Å². The van der Waals surface area contributed by atoms with Crippen LogP contribution in [0.2, 0.25) is 5.02 Å². The maximum Gasteiger partial charge on any atom is 0.330 e. The number of ether oxygens (including phenoxy) is 2. The standard InChI is InChI=1S/C17H15ClN2O3/c1-22-16-9-8-13(18)11-15(16)20-19-14-6-4-3-5-12(14)7-10-17(21)23-2/h3-11H,1-2H3/b10-7+,20-19?. The van der Waals surface area contributed by atoms with E-state index in [4.69, 9.17) is 16.3 Å². The van der Waals surface area contributed by atoms with Crippen molar-refractivity contribution in [2.75, 3.05) is 14.2 Å². The van der Waals surface area contributed by atoms with E-state index >= 15 is 0 Å². The molecular weight excluding hydrogens is 316 g/mol.